The van der Waals surface area contributed by atoms with Crippen LogP contribution < -0.4 is 4.89 Å². The average Bonchev–Trinajstić information content (AvgIpc) is 2.45. The number of pyridine rings is 1. The number of aromatic hydroxyl groups is 1. The van der Waals surface area contributed by atoms with Gasteiger partial charge in [0.15, 0.2) is 5.75 Å². The SMILES string of the molecule is C=CCC.CCOOc1cnc2c(O)cccc2c1. The normalized spacial score (nSPS) is 9.58. The predicted octanol–water partition coefficient (Wildman–Crippen LogP) is 3.85. The van der Waals surface area contributed by atoms with Crippen LogP contribution >= 0.6 is 0 Å². The van der Waals surface area contributed by atoms with E-state index in [0.717, 1.165) is 11.8 Å². The zero-order valence-electron chi connectivity index (χ0n) is 11.3. The van der Waals surface area contributed by atoms with E-state index in [9.17, 15) is 5.11 Å². The van der Waals surface area contributed by atoms with Crippen LogP contribution in [-0.4, -0.2) is 16.7 Å². The summed E-state index contributed by atoms with van der Waals surface area (Å²) in [5.74, 6) is 0.686. The molecule has 0 radical (unpaired) electrons. The third-order valence-corrected chi connectivity index (χ3v) is 2.23. The van der Waals surface area contributed by atoms with Gasteiger partial charge in [-0.05, 0) is 25.5 Å². The standard InChI is InChI=1S/C11H11NO3.C4H8/c1-2-14-15-9-6-8-4-3-5-10(13)11(8)12-7-9;1-3-4-2/h3-7,13H,2H2,1H3;3H,1,4H2,2H3. The molecule has 0 unspecified atom stereocenters. The van der Waals surface area contributed by atoms with Gasteiger partial charge in [-0.25, -0.2) is 4.98 Å². The van der Waals surface area contributed by atoms with Gasteiger partial charge >= 0.3 is 0 Å². The van der Waals surface area contributed by atoms with Crippen LogP contribution in [0.25, 0.3) is 10.9 Å². The quantitative estimate of drug-likeness (QED) is 0.516. The summed E-state index contributed by atoms with van der Waals surface area (Å²) >= 11 is 0. The van der Waals surface area contributed by atoms with Crippen molar-refractivity contribution < 1.29 is 14.9 Å². The maximum atomic E-state index is 9.50. The molecule has 0 spiro atoms. The van der Waals surface area contributed by atoms with Gasteiger partial charge in [0.1, 0.15) is 11.3 Å². The largest absolute Gasteiger partial charge is 0.506 e. The average molecular weight is 261 g/mol. The van der Waals surface area contributed by atoms with Crippen LogP contribution in [-0.2, 0) is 4.89 Å². The molecule has 4 nitrogen and oxygen atoms in total. The highest BCUT2D eigenvalue weighted by Gasteiger charge is 2.02. The minimum Gasteiger partial charge on any atom is -0.506 e. The van der Waals surface area contributed by atoms with Crippen LogP contribution in [0.5, 0.6) is 11.5 Å². The fourth-order valence-electron chi connectivity index (χ4n) is 1.30. The molecular weight excluding hydrogens is 242 g/mol. The molecule has 102 valence electrons. The number of phenols is 1. The molecule has 1 aromatic carbocycles. The maximum absolute atomic E-state index is 9.50. The summed E-state index contributed by atoms with van der Waals surface area (Å²) < 4.78 is 0. The first-order chi connectivity index (χ1) is 9.22. The van der Waals surface area contributed by atoms with E-state index >= 15 is 0 Å². The van der Waals surface area contributed by atoms with Crippen molar-refractivity contribution in [3.8, 4) is 11.5 Å². The lowest BCUT2D eigenvalue weighted by Gasteiger charge is -2.04. The lowest BCUT2D eigenvalue weighted by molar-refractivity contribution is -0.202. The van der Waals surface area contributed by atoms with Crippen LogP contribution in [0.3, 0.4) is 0 Å². The number of rotatable bonds is 4. The van der Waals surface area contributed by atoms with E-state index in [1.807, 2.05) is 19.1 Å². The van der Waals surface area contributed by atoms with Gasteiger partial charge in [-0.3, -0.25) is 0 Å². The second-order valence-corrected chi connectivity index (χ2v) is 3.71. The summed E-state index contributed by atoms with van der Waals surface area (Å²) in [5, 5.41) is 10.3. The summed E-state index contributed by atoms with van der Waals surface area (Å²) in [6.45, 7) is 7.85. The molecule has 2 aromatic rings. The van der Waals surface area contributed by atoms with Crippen LogP contribution in [0.1, 0.15) is 20.3 Å². The number of fused-ring (bicyclic) bond motifs is 1. The van der Waals surface area contributed by atoms with E-state index in [-0.39, 0.29) is 5.75 Å². The zero-order valence-corrected chi connectivity index (χ0v) is 11.3. The molecule has 1 N–H and O–H groups in total. The number of para-hydroxylation sites is 1. The molecule has 0 atom stereocenters. The van der Waals surface area contributed by atoms with Gasteiger partial charge in [-0.15, -0.1) is 6.58 Å². The summed E-state index contributed by atoms with van der Waals surface area (Å²) in [6.07, 6.45) is 4.47. The van der Waals surface area contributed by atoms with Crippen molar-refractivity contribution in [2.24, 2.45) is 0 Å². The second-order valence-electron chi connectivity index (χ2n) is 3.71. The summed E-state index contributed by atoms with van der Waals surface area (Å²) in [6, 6.07) is 6.96. The van der Waals surface area contributed by atoms with Crippen LogP contribution in [0, 0.1) is 0 Å². The Hall–Kier alpha value is -2.07. The molecule has 0 aliphatic rings. The second kappa shape index (κ2) is 8.11. The number of phenolic OH excluding ortho intramolecular Hbond substituents is 1. The lowest BCUT2D eigenvalue weighted by Crippen LogP contribution is -1.96. The number of benzene rings is 1. The highest BCUT2D eigenvalue weighted by molar-refractivity contribution is 5.84. The minimum atomic E-state index is 0.162. The third-order valence-electron chi connectivity index (χ3n) is 2.23. The first-order valence-corrected chi connectivity index (χ1v) is 6.21. The van der Waals surface area contributed by atoms with Gasteiger partial charge in [-0.2, -0.15) is 4.89 Å². The third kappa shape index (κ3) is 4.60. The molecule has 1 heterocycles. The van der Waals surface area contributed by atoms with E-state index < -0.39 is 0 Å². The first-order valence-electron chi connectivity index (χ1n) is 6.21. The van der Waals surface area contributed by atoms with Gasteiger partial charge in [0.25, 0.3) is 0 Å². The Kier molecular flexibility index (Phi) is 6.39. The van der Waals surface area contributed by atoms with Gasteiger partial charge in [0, 0.05) is 5.39 Å². The van der Waals surface area contributed by atoms with Crippen molar-refractivity contribution in [2.75, 3.05) is 6.61 Å². The molecule has 0 saturated heterocycles. The number of hydrogen-bond donors (Lipinski definition) is 1. The van der Waals surface area contributed by atoms with Crippen molar-refractivity contribution in [3.63, 3.8) is 0 Å². The van der Waals surface area contributed by atoms with Gasteiger partial charge in [0.05, 0.1) is 12.8 Å². The molecule has 2 rings (SSSR count). The number of nitrogens with zero attached hydrogens (tertiary/aromatic N) is 1. The van der Waals surface area contributed by atoms with Crippen LogP contribution in [0.2, 0.25) is 0 Å². The Morgan fingerprint density at radius 3 is 2.74 bits per heavy atom. The minimum absolute atomic E-state index is 0.162. The summed E-state index contributed by atoms with van der Waals surface area (Å²) in [4.78, 5) is 13.8. The zero-order chi connectivity index (χ0) is 14.1. The van der Waals surface area contributed by atoms with Gasteiger partial charge < -0.3 is 9.99 Å². The molecule has 19 heavy (non-hydrogen) atoms. The Morgan fingerprint density at radius 2 is 2.11 bits per heavy atom. The van der Waals surface area contributed by atoms with Crippen LogP contribution in [0.4, 0.5) is 0 Å². The molecule has 1 aromatic heterocycles. The number of hydrogen-bond acceptors (Lipinski definition) is 4. The fourth-order valence-corrected chi connectivity index (χ4v) is 1.30. The monoisotopic (exact) mass is 261 g/mol. The van der Waals surface area contributed by atoms with Crippen LogP contribution in [0.15, 0.2) is 43.1 Å². The number of allylic oxidation sites excluding steroid dienone is 1. The van der Waals surface area contributed by atoms with Crippen molar-refractivity contribution in [1.82, 2.24) is 4.98 Å². The smallest absolute Gasteiger partial charge is 0.184 e. The molecular formula is C15H19NO3. The number of aromatic nitrogens is 1. The molecule has 0 amide bonds. The van der Waals surface area contributed by atoms with Crippen molar-refractivity contribution in [2.45, 2.75) is 20.3 Å². The molecule has 0 aliphatic carbocycles. The molecule has 0 bridgehead atoms. The first kappa shape index (κ1) is 15.0. The highest BCUT2D eigenvalue weighted by atomic mass is 17.2. The van der Waals surface area contributed by atoms with Gasteiger partial charge in [-0.1, -0.05) is 25.1 Å². The Bertz CT molecular complexity index is 526. The Balaban J connectivity index is 0.000000399. The van der Waals surface area contributed by atoms with E-state index in [0.29, 0.717) is 17.9 Å². The fraction of sp³-hybridized carbons (Fsp3) is 0.267. The van der Waals surface area contributed by atoms with Crippen molar-refractivity contribution in [1.29, 1.82) is 0 Å². The summed E-state index contributed by atoms with van der Waals surface area (Å²) in [5.41, 5.74) is 0.557. The summed E-state index contributed by atoms with van der Waals surface area (Å²) in [7, 11) is 0. The lowest BCUT2D eigenvalue weighted by atomic mass is 10.2. The molecule has 0 saturated carbocycles. The Labute approximate surface area is 113 Å². The van der Waals surface area contributed by atoms with E-state index in [1.165, 1.54) is 6.20 Å². The van der Waals surface area contributed by atoms with Gasteiger partial charge in [0.2, 0.25) is 0 Å². The molecule has 0 aliphatic heterocycles. The molecule has 0 fully saturated rings. The molecule has 4 heteroatoms. The Morgan fingerprint density at radius 1 is 1.37 bits per heavy atom. The topological polar surface area (TPSA) is 51.6 Å². The van der Waals surface area contributed by atoms with E-state index in [2.05, 4.69) is 18.5 Å². The van der Waals surface area contributed by atoms with E-state index in [4.69, 9.17) is 9.78 Å². The predicted molar refractivity (Wildman–Crippen MR) is 76.1 cm³/mol. The van der Waals surface area contributed by atoms with Crippen molar-refractivity contribution in [3.05, 3.63) is 43.1 Å². The highest BCUT2D eigenvalue weighted by Crippen LogP contribution is 2.25. The van der Waals surface area contributed by atoms with Crippen molar-refractivity contribution >= 4 is 10.9 Å². The van der Waals surface area contributed by atoms with E-state index in [1.54, 1.807) is 18.2 Å². The maximum Gasteiger partial charge on any atom is 0.184 e.